The monoisotopic (exact) mass is 415 g/mol. The Morgan fingerprint density at radius 1 is 0.833 bits per heavy atom. The fourth-order valence-electron chi connectivity index (χ4n) is 3.73. The van der Waals surface area contributed by atoms with Gasteiger partial charge in [-0.2, -0.15) is 13.2 Å². The summed E-state index contributed by atoms with van der Waals surface area (Å²) in [5.74, 6) is -0.984. The van der Waals surface area contributed by atoms with Crippen LogP contribution in [0.25, 0.3) is 0 Å². The number of hydrogen-bond acceptors (Lipinski definition) is 2. The number of benzene rings is 3. The van der Waals surface area contributed by atoms with Gasteiger partial charge < -0.3 is 5.11 Å². The number of alkyl halides is 3. The van der Waals surface area contributed by atoms with Crippen LogP contribution in [0.15, 0.2) is 78.9 Å². The lowest BCUT2D eigenvalue weighted by atomic mass is 9.92. The molecule has 1 saturated carbocycles. The zero-order valence-corrected chi connectivity index (χ0v) is 16.0. The van der Waals surface area contributed by atoms with E-state index in [4.69, 9.17) is 0 Å². The van der Waals surface area contributed by atoms with Crippen molar-refractivity contribution >= 4 is 0 Å². The highest BCUT2D eigenvalue weighted by Gasteiger charge is 2.50. The van der Waals surface area contributed by atoms with Gasteiger partial charge >= 0.3 is 6.18 Å². The SMILES string of the molecule is OC1(C(NC(c2ccccc2)c2ccccc2)c2ccc(C(F)(F)F)cc2F)CC1. The van der Waals surface area contributed by atoms with Gasteiger partial charge in [0.05, 0.1) is 23.2 Å². The van der Waals surface area contributed by atoms with Crippen molar-refractivity contribution in [2.75, 3.05) is 0 Å². The fourth-order valence-corrected chi connectivity index (χ4v) is 3.73. The van der Waals surface area contributed by atoms with E-state index in [1.807, 2.05) is 60.7 Å². The van der Waals surface area contributed by atoms with Crippen molar-refractivity contribution in [3.8, 4) is 0 Å². The molecule has 1 aliphatic rings. The molecule has 0 bridgehead atoms. The average Bonchev–Trinajstić information content (AvgIpc) is 3.48. The Hall–Kier alpha value is -2.70. The van der Waals surface area contributed by atoms with Gasteiger partial charge in [-0.15, -0.1) is 0 Å². The summed E-state index contributed by atoms with van der Waals surface area (Å²) in [6.45, 7) is 0. The molecule has 1 aliphatic carbocycles. The first-order valence-electron chi connectivity index (χ1n) is 9.73. The molecule has 1 atom stereocenters. The van der Waals surface area contributed by atoms with E-state index in [1.165, 1.54) is 0 Å². The molecule has 0 radical (unpaired) electrons. The molecule has 156 valence electrons. The first kappa shape index (κ1) is 20.6. The number of rotatable bonds is 6. The van der Waals surface area contributed by atoms with E-state index in [1.54, 1.807) is 0 Å². The minimum Gasteiger partial charge on any atom is -0.388 e. The molecule has 4 rings (SSSR count). The van der Waals surface area contributed by atoms with Crippen molar-refractivity contribution in [3.05, 3.63) is 107 Å². The predicted octanol–water partition coefficient (Wildman–Crippen LogP) is 5.79. The smallest absolute Gasteiger partial charge is 0.388 e. The minimum absolute atomic E-state index is 0.0277. The Morgan fingerprint density at radius 3 is 1.80 bits per heavy atom. The second-order valence-corrected chi connectivity index (χ2v) is 7.69. The summed E-state index contributed by atoms with van der Waals surface area (Å²) >= 11 is 0. The van der Waals surface area contributed by atoms with Crippen molar-refractivity contribution in [2.45, 2.75) is 36.7 Å². The third-order valence-corrected chi connectivity index (χ3v) is 5.54. The molecule has 2 nitrogen and oxygen atoms in total. The van der Waals surface area contributed by atoms with Gasteiger partial charge in [-0.1, -0.05) is 66.7 Å². The van der Waals surface area contributed by atoms with Crippen LogP contribution in [0.4, 0.5) is 17.6 Å². The van der Waals surface area contributed by atoms with Crippen LogP contribution in [-0.4, -0.2) is 10.7 Å². The second kappa shape index (κ2) is 7.85. The highest BCUT2D eigenvalue weighted by atomic mass is 19.4. The Balaban J connectivity index is 1.74. The molecule has 0 spiro atoms. The summed E-state index contributed by atoms with van der Waals surface area (Å²) in [7, 11) is 0. The first-order valence-corrected chi connectivity index (χ1v) is 9.73. The van der Waals surface area contributed by atoms with Crippen LogP contribution >= 0.6 is 0 Å². The molecule has 30 heavy (non-hydrogen) atoms. The summed E-state index contributed by atoms with van der Waals surface area (Å²) < 4.78 is 53.7. The lowest BCUT2D eigenvalue weighted by Gasteiger charge is -2.31. The van der Waals surface area contributed by atoms with Gasteiger partial charge in [-0.25, -0.2) is 4.39 Å². The van der Waals surface area contributed by atoms with Crippen LogP contribution in [-0.2, 0) is 6.18 Å². The highest BCUT2D eigenvalue weighted by molar-refractivity contribution is 5.36. The van der Waals surface area contributed by atoms with Crippen molar-refractivity contribution in [1.82, 2.24) is 5.32 Å². The quantitative estimate of drug-likeness (QED) is 0.500. The van der Waals surface area contributed by atoms with Gasteiger partial charge in [0.25, 0.3) is 0 Å². The molecule has 0 saturated heterocycles. The van der Waals surface area contributed by atoms with E-state index in [0.717, 1.165) is 23.3 Å². The van der Waals surface area contributed by atoms with Crippen LogP contribution < -0.4 is 5.32 Å². The highest BCUT2D eigenvalue weighted by Crippen LogP contribution is 2.48. The summed E-state index contributed by atoms with van der Waals surface area (Å²) in [5, 5.41) is 14.2. The van der Waals surface area contributed by atoms with Gasteiger partial charge in [0, 0.05) is 5.56 Å². The predicted molar refractivity (Wildman–Crippen MR) is 106 cm³/mol. The maximum absolute atomic E-state index is 14.8. The van der Waals surface area contributed by atoms with Gasteiger partial charge in [0.1, 0.15) is 5.82 Å². The molecular formula is C24H21F4NO. The van der Waals surface area contributed by atoms with Crippen LogP contribution in [0.2, 0.25) is 0 Å². The maximum Gasteiger partial charge on any atom is 0.416 e. The van der Waals surface area contributed by atoms with Crippen LogP contribution in [0.1, 0.15) is 47.2 Å². The van der Waals surface area contributed by atoms with Gasteiger partial charge in [0.2, 0.25) is 0 Å². The number of nitrogens with one attached hydrogen (secondary N) is 1. The number of hydrogen-bond donors (Lipinski definition) is 2. The Bertz CT molecular complexity index is 961. The van der Waals surface area contributed by atoms with E-state index >= 15 is 0 Å². The topological polar surface area (TPSA) is 32.3 Å². The lowest BCUT2D eigenvalue weighted by molar-refractivity contribution is -0.137. The zero-order chi connectivity index (χ0) is 21.4. The molecule has 1 unspecified atom stereocenters. The van der Waals surface area contributed by atoms with E-state index < -0.39 is 29.2 Å². The Labute approximate surface area is 172 Å². The Kier molecular flexibility index (Phi) is 5.38. The zero-order valence-electron chi connectivity index (χ0n) is 16.0. The van der Waals surface area contributed by atoms with Crippen molar-refractivity contribution in [3.63, 3.8) is 0 Å². The molecule has 0 heterocycles. The number of halogens is 4. The van der Waals surface area contributed by atoms with E-state index in [9.17, 15) is 22.7 Å². The molecule has 0 aliphatic heterocycles. The number of aliphatic hydroxyl groups is 1. The van der Waals surface area contributed by atoms with Crippen molar-refractivity contribution < 1.29 is 22.7 Å². The first-order chi connectivity index (χ1) is 14.3. The molecule has 0 amide bonds. The molecule has 0 aromatic heterocycles. The van der Waals surface area contributed by atoms with Crippen molar-refractivity contribution in [2.24, 2.45) is 0 Å². The van der Waals surface area contributed by atoms with E-state index in [0.29, 0.717) is 18.9 Å². The molecule has 3 aromatic rings. The van der Waals surface area contributed by atoms with Crippen LogP contribution in [0.5, 0.6) is 0 Å². The van der Waals surface area contributed by atoms with E-state index in [2.05, 4.69) is 5.32 Å². The summed E-state index contributed by atoms with van der Waals surface area (Å²) in [6.07, 6.45) is -3.74. The third kappa shape index (κ3) is 4.25. The standard InChI is InChI=1S/C24H21F4NO/c25-20-15-18(24(26,27)28)11-12-19(20)22(23(30)13-14-23)29-21(16-7-3-1-4-8-16)17-9-5-2-6-10-17/h1-12,15,21-22,29-30H,13-14H2. The van der Waals surface area contributed by atoms with E-state index in [-0.39, 0.29) is 11.6 Å². The summed E-state index contributed by atoms with van der Waals surface area (Å²) in [4.78, 5) is 0. The fraction of sp³-hybridized carbons (Fsp3) is 0.250. The van der Waals surface area contributed by atoms with Crippen LogP contribution in [0, 0.1) is 5.82 Å². The largest absolute Gasteiger partial charge is 0.416 e. The molecular weight excluding hydrogens is 394 g/mol. The normalized spacial score (nSPS) is 16.5. The summed E-state index contributed by atoms with van der Waals surface area (Å²) in [6, 6.07) is 20.2. The molecule has 1 fully saturated rings. The van der Waals surface area contributed by atoms with Gasteiger partial charge in [-0.05, 0) is 36.1 Å². The van der Waals surface area contributed by atoms with Crippen molar-refractivity contribution in [1.29, 1.82) is 0 Å². The third-order valence-electron chi connectivity index (χ3n) is 5.54. The molecule has 6 heteroatoms. The Morgan fingerprint density at radius 2 is 1.37 bits per heavy atom. The second-order valence-electron chi connectivity index (χ2n) is 7.69. The maximum atomic E-state index is 14.8. The lowest BCUT2D eigenvalue weighted by Crippen LogP contribution is -2.37. The van der Waals surface area contributed by atoms with Gasteiger partial charge in [-0.3, -0.25) is 5.32 Å². The molecule has 2 N–H and O–H groups in total. The molecule has 3 aromatic carbocycles. The van der Waals surface area contributed by atoms with Crippen LogP contribution in [0.3, 0.4) is 0 Å². The van der Waals surface area contributed by atoms with Gasteiger partial charge in [0.15, 0.2) is 0 Å². The average molecular weight is 415 g/mol. The summed E-state index contributed by atoms with van der Waals surface area (Å²) in [5.41, 5.74) is -0.411. The minimum atomic E-state index is -4.63.